The molecule has 0 bridgehead atoms. The first kappa shape index (κ1) is 27.2. The van der Waals surface area contributed by atoms with Gasteiger partial charge in [-0.25, -0.2) is 9.59 Å². The molecule has 3 aromatic carbocycles. The average molecular weight is 510 g/mol. The molecule has 3 aromatic rings. The Bertz CT molecular complexity index is 1150. The second kappa shape index (κ2) is 13.6. The molecule has 2 atom stereocenters. The van der Waals surface area contributed by atoms with Crippen LogP contribution in [0.3, 0.4) is 0 Å². The number of benzene rings is 3. The molecule has 0 fully saturated rings. The van der Waals surface area contributed by atoms with E-state index in [1.165, 1.54) is 0 Å². The van der Waals surface area contributed by atoms with E-state index in [1.807, 2.05) is 91.9 Å². The Hall–Kier alpha value is -3.41. The number of amides is 1. The van der Waals surface area contributed by atoms with Crippen LogP contribution in [0.15, 0.2) is 84.9 Å². The third-order valence-electron chi connectivity index (χ3n) is 5.35. The second-order valence-electron chi connectivity index (χ2n) is 8.46. The third kappa shape index (κ3) is 9.33. The third-order valence-corrected chi connectivity index (χ3v) is 7.09. The summed E-state index contributed by atoms with van der Waals surface area (Å²) in [5.74, 6) is -0.561. The lowest BCUT2D eigenvalue weighted by molar-refractivity contribution is -0.147. The minimum atomic E-state index is -2.71. The van der Waals surface area contributed by atoms with Gasteiger partial charge in [0, 0.05) is 19.2 Å². The van der Waals surface area contributed by atoms with Crippen LogP contribution in [0.25, 0.3) is 0 Å². The van der Waals surface area contributed by atoms with Gasteiger partial charge in [0.1, 0.15) is 19.3 Å². The highest BCUT2D eigenvalue weighted by molar-refractivity contribution is 7.57. The van der Waals surface area contributed by atoms with E-state index in [0.29, 0.717) is 12.8 Å². The number of nitrogens with one attached hydrogen (secondary N) is 1. The number of hydrogen-bond acceptors (Lipinski definition) is 6. The first-order valence-corrected chi connectivity index (χ1v) is 14.1. The molecule has 190 valence electrons. The second-order valence-corrected chi connectivity index (χ2v) is 11.1. The molecule has 36 heavy (non-hydrogen) atoms. The zero-order chi connectivity index (χ0) is 25.8. The summed E-state index contributed by atoms with van der Waals surface area (Å²) in [4.78, 5) is 25.4. The van der Waals surface area contributed by atoms with Gasteiger partial charge in [0.2, 0.25) is 7.37 Å². The summed E-state index contributed by atoms with van der Waals surface area (Å²) in [6.45, 7) is 4.01. The molecule has 0 saturated heterocycles. The minimum Gasteiger partial charge on any atom is -0.459 e. The summed E-state index contributed by atoms with van der Waals surface area (Å²) in [6.07, 6.45) is -0.169. The van der Waals surface area contributed by atoms with Crippen LogP contribution in [0.5, 0.6) is 0 Å². The van der Waals surface area contributed by atoms with Crippen molar-refractivity contribution in [3.05, 3.63) is 107 Å². The van der Waals surface area contributed by atoms with Gasteiger partial charge in [0.15, 0.2) is 0 Å². The van der Waals surface area contributed by atoms with Crippen LogP contribution in [0, 0.1) is 0 Å². The van der Waals surface area contributed by atoms with Gasteiger partial charge < -0.3 is 19.3 Å². The molecule has 0 saturated carbocycles. The quantitative estimate of drug-likeness (QED) is 0.248. The maximum Gasteiger partial charge on any atom is 0.408 e. The Morgan fingerprint density at radius 3 is 1.86 bits per heavy atom. The van der Waals surface area contributed by atoms with Crippen LogP contribution in [-0.2, 0) is 49.2 Å². The van der Waals surface area contributed by atoms with Crippen molar-refractivity contribution in [2.24, 2.45) is 0 Å². The highest BCUT2D eigenvalue weighted by Gasteiger charge is 2.24. The van der Waals surface area contributed by atoms with Crippen LogP contribution >= 0.6 is 7.37 Å². The maximum atomic E-state index is 12.9. The molecular formula is C28H32NO6P. The smallest absolute Gasteiger partial charge is 0.408 e. The van der Waals surface area contributed by atoms with Gasteiger partial charge in [0.05, 0.1) is 6.61 Å². The molecule has 0 aromatic heterocycles. The number of ether oxygens (including phenoxy) is 2. The van der Waals surface area contributed by atoms with Gasteiger partial charge in [-0.3, -0.25) is 4.57 Å². The summed E-state index contributed by atoms with van der Waals surface area (Å²) >= 11 is 0. The monoisotopic (exact) mass is 509 g/mol. The van der Waals surface area contributed by atoms with Crippen molar-refractivity contribution in [3.8, 4) is 0 Å². The van der Waals surface area contributed by atoms with E-state index in [-0.39, 0.29) is 19.6 Å². The number of carbonyl (C=O) groups is 2. The maximum absolute atomic E-state index is 12.9. The Labute approximate surface area is 212 Å². The number of esters is 1. The largest absolute Gasteiger partial charge is 0.459 e. The van der Waals surface area contributed by atoms with Crippen LogP contribution in [0.4, 0.5) is 4.79 Å². The Balaban J connectivity index is 1.65. The van der Waals surface area contributed by atoms with E-state index in [0.717, 1.165) is 22.3 Å². The van der Waals surface area contributed by atoms with Gasteiger partial charge >= 0.3 is 12.1 Å². The fourth-order valence-corrected chi connectivity index (χ4v) is 5.11. The van der Waals surface area contributed by atoms with Crippen LogP contribution in [0.2, 0.25) is 0 Å². The van der Waals surface area contributed by atoms with E-state index in [9.17, 15) is 14.2 Å². The molecule has 0 aliphatic rings. The number of rotatable bonds is 12. The van der Waals surface area contributed by atoms with Crippen LogP contribution < -0.4 is 5.32 Å². The molecule has 8 heteroatoms. The summed E-state index contributed by atoms with van der Waals surface area (Å²) in [7, 11) is -2.71. The zero-order valence-electron chi connectivity index (χ0n) is 20.6. The van der Waals surface area contributed by atoms with Gasteiger partial charge in [-0.1, -0.05) is 84.9 Å². The number of carbonyl (C=O) groups excluding carboxylic acids is 2. The van der Waals surface area contributed by atoms with Crippen LogP contribution in [-0.4, -0.2) is 31.4 Å². The normalized spacial score (nSPS) is 13.3. The molecule has 1 amide bonds. The first-order valence-electron chi connectivity index (χ1n) is 11.8. The fourth-order valence-electron chi connectivity index (χ4n) is 3.60. The molecule has 1 N–H and O–H groups in total. The lowest BCUT2D eigenvalue weighted by Gasteiger charge is -2.18. The first-order chi connectivity index (χ1) is 17.3. The lowest BCUT2D eigenvalue weighted by Crippen LogP contribution is -2.43. The van der Waals surface area contributed by atoms with Gasteiger partial charge in [-0.15, -0.1) is 0 Å². The topological polar surface area (TPSA) is 90.9 Å². The van der Waals surface area contributed by atoms with Crippen LogP contribution in [0.1, 0.15) is 29.2 Å². The number of hydrogen-bond donors (Lipinski definition) is 1. The summed E-state index contributed by atoms with van der Waals surface area (Å²) in [5, 5.41) is 2.64. The highest BCUT2D eigenvalue weighted by Crippen LogP contribution is 2.45. The zero-order valence-corrected chi connectivity index (χ0v) is 21.5. The highest BCUT2D eigenvalue weighted by atomic mass is 31.2. The van der Waals surface area contributed by atoms with Gasteiger partial charge in [0.25, 0.3) is 0 Å². The van der Waals surface area contributed by atoms with Crippen molar-refractivity contribution in [2.45, 2.75) is 38.8 Å². The molecule has 0 heterocycles. The van der Waals surface area contributed by atoms with Crippen molar-refractivity contribution in [3.63, 3.8) is 0 Å². The fraction of sp³-hybridized carbons (Fsp3) is 0.286. The average Bonchev–Trinajstić information content (AvgIpc) is 2.88. The standard InChI is InChI=1S/C28H32NO6P/c1-3-35-36(2,32)21-25-16-14-22(15-17-25)18-26(27(30)33-19-23-10-6-4-7-11-23)29-28(31)34-20-24-12-8-5-9-13-24/h4-17,26H,3,18-21H2,1-2H3,(H,29,31)/t26-,36?/m0/s1. The summed E-state index contributed by atoms with van der Waals surface area (Å²) in [5.41, 5.74) is 3.37. The minimum absolute atomic E-state index is 0.0874. The van der Waals surface area contributed by atoms with Crippen molar-refractivity contribution >= 4 is 19.4 Å². The molecule has 0 radical (unpaired) electrons. The SMILES string of the molecule is CCOP(C)(=O)Cc1ccc(C[C@H](NC(=O)OCc2ccccc2)C(=O)OCc2ccccc2)cc1. The van der Waals surface area contributed by atoms with Crippen molar-refractivity contribution in [1.82, 2.24) is 5.32 Å². The molecule has 1 unspecified atom stereocenters. The summed E-state index contributed by atoms with van der Waals surface area (Å²) in [6, 6.07) is 25.1. The van der Waals surface area contributed by atoms with E-state index in [2.05, 4.69) is 5.32 Å². The van der Waals surface area contributed by atoms with Gasteiger partial charge in [-0.05, 0) is 29.2 Å². The predicted molar refractivity (Wildman–Crippen MR) is 139 cm³/mol. The lowest BCUT2D eigenvalue weighted by atomic mass is 10.0. The van der Waals surface area contributed by atoms with Crippen molar-refractivity contribution in [2.75, 3.05) is 13.3 Å². The van der Waals surface area contributed by atoms with Crippen molar-refractivity contribution in [1.29, 1.82) is 0 Å². The predicted octanol–water partition coefficient (Wildman–Crippen LogP) is 5.71. The Kier molecular flexibility index (Phi) is 10.3. The molecule has 7 nitrogen and oxygen atoms in total. The van der Waals surface area contributed by atoms with E-state index < -0.39 is 25.5 Å². The molecule has 0 aliphatic heterocycles. The molecule has 0 spiro atoms. The van der Waals surface area contributed by atoms with Crippen molar-refractivity contribution < 1.29 is 28.2 Å². The van der Waals surface area contributed by atoms with E-state index in [4.69, 9.17) is 14.0 Å². The summed E-state index contributed by atoms with van der Waals surface area (Å²) < 4.78 is 28.6. The van der Waals surface area contributed by atoms with E-state index >= 15 is 0 Å². The van der Waals surface area contributed by atoms with E-state index in [1.54, 1.807) is 6.66 Å². The molecule has 0 aliphatic carbocycles. The number of alkyl carbamates (subject to hydrolysis) is 1. The molecular weight excluding hydrogens is 477 g/mol. The molecule has 3 rings (SSSR count). The Morgan fingerprint density at radius 2 is 1.31 bits per heavy atom. The van der Waals surface area contributed by atoms with Gasteiger partial charge in [-0.2, -0.15) is 0 Å². The Morgan fingerprint density at radius 1 is 0.778 bits per heavy atom.